The van der Waals surface area contributed by atoms with Crippen LogP contribution in [0, 0.1) is 13.8 Å². The fourth-order valence-corrected chi connectivity index (χ4v) is 6.20. The van der Waals surface area contributed by atoms with Gasteiger partial charge in [0, 0.05) is 54.6 Å². The van der Waals surface area contributed by atoms with Crippen molar-refractivity contribution in [3.63, 3.8) is 0 Å². The van der Waals surface area contributed by atoms with Crippen molar-refractivity contribution >= 4 is 35.7 Å². The van der Waals surface area contributed by atoms with E-state index in [1.54, 1.807) is 75.0 Å². The van der Waals surface area contributed by atoms with Crippen LogP contribution in [0.5, 0.6) is 11.8 Å². The third-order valence-electron chi connectivity index (χ3n) is 9.35. The van der Waals surface area contributed by atoms with E-state index in [4.69, 9.17) is 0 Å². The van der Waals surface area contributed by atoms with E-state index >= 15 is 0 Å². The zero-order chi connectivity index (χ0) is 42.2. The Morgan fingerprint density at radius 3 is 1.18 bits per heavy atom. The van der Waals surface area contributed by atoms with Crippen LogP contribution in [0.25, 0.3) is 33.6 Å². The molecule has 4 aromatic heterocycles. The van der Waals surface area contributed by atoms with Crippen LogP contribution in [0.4, 0.5) is 11.4 Å². The van der Waals surface area contributed by atoms with Crippen molar-refractivity contribution in [2.45, 2.75) is 13.8 Å². The molecule has 0 fully saturated rings. The summed E-state index contributed by atoms with van der Waals surface area (Å²) in [7, 11) is 0. The SMILES string of the molecule is Cc1nn(-c2ccc(-c3ccncc3)cc2)c(O)c1C=Nc1ccccc1C(=O)O.Cc1nn(-c2ccc(-c3ccncc3)cc2)c(O)c1C=Nc1ccccc1C(=O)O.[Cr]. The molecule has 0 atom stereocenters. The normalized spacial score (nSPS) is 10.9. The number of aromatic hydroxyl groups is 2. The number of aliphatic imine (C=N–C) groups is 2. The summed E-state index contributed by atoms with van der Waals surface area (Å²) in [5.41, 5.74) is 8.30. The van der Waals surface area contributed by atoms with Gasteiger partial charge in [-0.25, -0.2) is 19.0 Å². The van der Waals surface area contributed by atoms with Crippen molar-refractivity contribution < 1.29 is 47.4 Å². The average Bonchev–Trinajstić information content (AvgIpc) is 3.73. The van der Waals surface area contributed by atoms with E-state index in [2.05, 4.69) is 30.2 Å². The Bertz CT molecular complexity index is 2660. The standard InChI is InChI=1S/2C23H18N4O3.Cr/c2*1-15-20(14-25-21-5-3-2-4-19(21)23(29)30)22(28)27(26-15)18-8-6-16(7-9-18)17-10-12-24-13-11-17;/h2*2-14,28H,1H3,(H,29,30);. The van der Waals surface area contributed by atoms with Crippen LogP contribution in [0.15, 0.2) is 156 Å². The van der Waals surface area contributed by atoms with Gasteiger partial charge in [-0.1, -0.05) is 48.5 Å². The van der Waals surface area contributed by atoms with Crippen LogP contribution >= 0.6 is 0 Å². The summed E-state index contributed by atoms with van der Waals surface area (Å²) in [5, 5.41) is 48.8. The molecule has 0 aliphatic carbocycles. The number of aromatic nitrogens is 6. The number of benzene rings is 4. The molecule has 0 spiro atoms. The molecule has 61 heavy (non-hydrogen) atoms. The number of rotatable bonds is 10. The summed E-state index contributed by atoms with van der Waals surface area (Å²) in [6.07, 6.45) is 9.81. The average molecular weight is 849 g/mol. The summed E-state index contributed by atoms with van der Waals surface area (Å²) in [4.78, 5) is 39.2. The molecule has 0 bridgehead atoms. The molecule has 0 unspecified atom stereocenters. The summed E-state index contributed by atoms with van der Waals surface area (Å²) in [6.45, 7) is 3.51. The molecule has 4 heterocycles. The van der Waals surface area contributed by atoms with Gasteiger partial charge in [0.1, 0.15) is 0 Å². The van der Waals surface area contributed by atoms with Crippen molar-refractivity contribution in [1.82, 2.24) is 29.5 Å². The molecule has 302 valence electrons. The Morgan fingerprint density at radius 2 is 0.836 bits per heavy atom. The maximum Gasteiger partial charge on any atom is 0.337 e. The van der Waals surface area contributed by atoms with E-state index in [1.165, 1.54) is 33.9 Å². The van der Waals surface area contributed by atoms with Crippen LogP contribution in [0.2, 0.25) is 0 Å². The number of carbonyl (C=O) groups is 2. The summed E-state index contributed by atoms with van der Waals surface area (Å²) < 4.78 is 2.85. The van der Waals surface area contributed by atoms with Gasteiger partial charge in [0.15, 0.2) is 0 Å². The third kappa shape index (κ3) is 9.67. The molecule has 0 saturated heterocycles. The second kappa shape index (κ2) is 19.2. The van der Waals surface area contributed by atoms with E-state index in [9.17, 15) is 30.0 Å². The minimum atomic E-state index is -1.06. The van der Waals surface area contributed by atoms with E-state index < -0.39 is 11.9 Å². The third-order valence-corrected chi connectivity index (χ3v) is 9.35. The minimum absolute atomic E-state index is 0. The van der Waals surface area contributed by atoms with Crippen LogP contribution in [-0.4, -0.2) is 74.3 Å². The van der Waals surface area contributed by atoms with Crippen LogP contribution in [-0.2, 0) is 17.4 Å². The van der Waals surface area contributed by atoms with Crippen molar-refractivity contribution in [2.24, 2.45) is 9.98 Å². The van der Waals surface area contributed by atoms with Crippen LogP contribution < -0.4 is 0 Å². The Kier molecular flexibility index (Phi) is 13.4. The van der Waals surface area contributed by atoms with Gasteiger partial charge in [0.25, 0.3) is 0 Å². The van der Waals surface area contributed by atoms with Crippen molar-refractivity contribution in [1.29, 1.82) is 0 Å². The van der Waals surface area contributed by atoms with Crippen LogP contribution in [0.1, 0.15) is 43.2 Å². The zero-order valence-corrected chi connectivity index (χ0v) is 33.9. The monoisotopic (exact) mass is 848 g/mol. The molecule has 0 amide bonds. The van der Waals surface area contributed by atoms with Gasteiger partial charge in [0.2, 0.25) is 11.8 Å². The molecular weight excluding hydrogens is 813 g/mol. The van der Waals surface area contributed by atoms with Gasteiger partial charge in [-0.3, -0.25) is 20.0 Å². The van der Waals surface area contributed by atoms with Gasteiger partial charge >= 0.3 is 11.9 Å². The predicted molar refractivity (Wildman–Crippen MR) is 228 cm³/mol. The van der Waals surface area contributed by atoms with E-state index in [0.29, 0.717) is 45.3 Å². The van der Waals surface area contributed by atoms with Gasteiger partial charge in [-0.2, -0.15) is 10.2 Å². The zero-order valence-electron chi connectivity index (χ0n) is 32.6. The van der Waals surface area contributed by atoms with Gasteiger partial charge < -0.3 is 20.4 Å². The molecule has 8 aromatic rings. The number of pyridine rings is 2. The first-order valence-corrected chi connectivity index (χ1v) is 18.4. The number of aromatic carboxylic acids is 2. The molecule has 14 nitrogen and oxygen atoms in total. The Labute approximate surface area is 360 Å². The molecule has 0 aliphatic rings. The summed E-state index contributed by atoms with van der Waals surface area (Å²) >= 11 is 0. The number of para-hydroxylation sites is 2. The Hall–Kier alpha value is -7.99. The minimum Gasteiger partial charge on any atom is -0.493 e. The number of hydrogen-bond donors (Lipinski definition) is 4. The second-order valence-electron chi connectivity index (χ2n) is 13.2. The largest absolute Gasteiger partial charge is 0.493 e. The van der Waals surface area contributed by atoms with Gasteiger partial charge in [0.05, 0.1) is 56.4 Å². The number of carboxylic acids is 2. The smallest absolute Gasteiger partial charge is 0.337 e. The molecule has 4 N–H and O–H groups in total. The first kappa shape index (κ1) is 42.6. The molecule has 15 heteroatoms. The quantitative estimate of drug-likeness (QED) is 0.0964. The molecule has 0 aliphatic heterocycles. The van der Waals surface area contributed by atoms with Crippen LogP contribution in [0.3, 0.4) is 0 Å². The second-order valence-corrected chi connectivity index (χ2v) is 13.2. The first-order chi connectivity index (χ1) is 29.1. The number of nitrogens with zero attached hydrogens (tertiary/aromatic N) is 8. The number of aryl methyl sites for hydroxylation is 2. The molecular formula is C46H36CrN8O6. The molecule has 0 saturated carbocycles. The maximum absolute atomic E-state index is 11.3. The van der Waals surface area contributed by atoms with Crippen molar-refractivity contribution in [3.8, 4) is 45.4 Å². The van der Waals surface area contributed by atoms with Gasteiger partial charge in [-0.05, 0) is 109 Å². The number of carboxylic acid groups (broad SMARTS) is 2. The number of hydrogen-bond acceptors (Lipinski definition) is 10. The maximum atomic E-state index is 11.3. The van der Waals surface area contributed by atoms with E-state index in [1.807, 2.05) is 72.8 Å². The van der Waals surface area contributed by atoms with E-state index in [0.717, 1.165) is 22.3 Å². The fraction of sp³-hybridized carbons (Fsp3) is 0.0435. The van der Waals surface area contributed by atoms with Crippen molar-refractivity contribution in [2.75, 3.05) is 0 Å². The summed E-state index contributed by atoms with van der Waals surface area (Å²) in [5.74, 6) is -2.26. The Balaban J connectivity index is 0.000000201. The fourth-order valence-electron chi connectivity index (χ4n) is 6.20. The topological polar surface area (TPSA) is 201 Å². The molecule has 8 rings (SSSR count). The molecule has 4 aromatic carbocycles. The van der Waals surface area contributed by atoms with Gasteiger partial charge in [-0.15, -0.1) is 0 Å². The first-order valence-electron chi connectivity index (χ1n) is 18.4. The predicted octanol–water partition coefficient (Wildman–Crippen LogP) is 8.79. The van der Waals surface area contributed by atoms with Crippen molar-refractivity contribution in [3.05, 3.63) is 180 Å². The Morgan fingerprint density at radius 1 is 0.508 bits per heavy atom. The van der Waals surface area contributed by atoms with E-state index in [-0.39, 0.29) is 40.2 Å². The summed E-state index contributed by atoms with van der Waals surface area (Å²) in [6, 6.07) is 35.8. The molecule has 0 radical (unpaired) electrons.